The quantitative estimate of drug-likeness (QED) is 0.697. The molecule has 2 aromatic heterocycles. The van der Waals surface area contributed by atoms with Crippen molar-refractivity contribution < 1.29 is 5.11 Å². The second-order valence-electron chi connectivity index (χ2n) is 3.66. The highest BCUT2D eigenvalue weighted by molar-refractivity contribution is 7.98. The van der Waals surface area contributed by atoms with Crippen LogP contribution in [0, 0.1) is 0 Å². The zero-order valence-corrected chi connectivity index (χ0v) is 11.9. The Morgan fingerprint density at radius 1 is 1.33 bits per heavy atom. The molecule has 0 atom stereocenters. The lowest BCUT2D eigenvalue weighted by atomic mass is 10.3. The van der Waals surface area contributed by atoms with Gasteiger partial charge < -0.3 is 9.67 Å². The van der Waals surface area contributed by atoms with Crippen LogP contribution in [0.15, 0.2) is 23.5 Å². The van der Waals surface area contributed by atoms with Gasteiger partial charge in [-0.2, -0.15) is 0 Å². The van der Waals surface area contributed by atoms with Crippen molar-refractivity contribution in [3.05, 3.63) is 39.9 Å². The number of aliphatic hydroxyl groups excluding tert-OH is 1. The summed E-state index contributed by atoms with van der Waals surface area (Å²) in [4.78, 5) is 8.12. The number of aromatic nitrogens is 3. The third-order valence-corrected chi connectivity index (χ3v) is 3.90. The van der Waals surface area contributed by atoms with Gasteiger partial charge in [0.2, 0.25) is 0 Å². The first-order chi connectivity index (χ1) is 8.60. The lowest BCUT2D eigenvalue weighted by Crippen LogP contribution is -1.97. The summed E-state index contributed by atoms with van der Waals surface area (Å²) < 4.78 is 1.86. The first kappa shape index (κ1) is 13.7. The van der Waals surface area contributed by atoms with Gasteiger partial charge in [-0.15, -0.1) is 0 Å². The van der Waals surface area contributed by atoms with E-state index in [9.17, 15) is 0 Å². The lowest BCUT2D eigenvalue weighted by molar-refractivity contribution is 0.271. The molecule has 2 heterocycles. The van der Waals surface area contributed by atoms with Crippen LogP contribution in [0.25, 0.3) is 0 Å². The van der Waals surface area contributed by atoms with E-state index < -0.39 is 0 Å². The molecule has 0 spiro atoms. The van der Waals surface area contributed by atoms with E-state index in [0.29, 0.717) is 16.1 Å². The van der Waals surface area contributed by atoms with E-state index in [0.717, 1.165) is 16.4 Å². The first-order valence-corrected chi connectivity index (χ1v) is 6.90. The lowest BCUT2D eigenvalue weighted by Gasteiger charge is -2.04. The van der Waals surface area contributed by atoms with Crippen LogP contribution in [0.4, 0.5) is 0 Å². The molecule has 0 saturated carbocycles. The summed E-state index contributed by atoms with van der Waals surface area (Å²) in [5.74, 6) is 0.692. The SMILES string of the molecule is Cn1c(CO)cnc1SCc1cc(Cl)nc(Cl)c1. The topological polar surface area (TPSA) is 50.9 Å². The fourth-order valence-electron chi connectivity index (χ4n) is 1.45. The minimum Gasteiger partial charge on any atom is -0.390 e. The monoisotopic (exact) mass is 303 g/mol. The Kier molecular flexibility index (Phi) is 4.50. The van der Waals surface area contributed by atoms with Gasteiger partial charge in [0.05, 0.1) is 18.5 Å². The molecule has 0 radical (unpaired) electrons. The number of rotatable bonds is 4. The first-order valence-electron chi connectivity index (χ1n) is 5.16. The molecule has 4 nitrogen and oxygen atoms in total. The average molecular weight is 304 g/mol. The Hall–Kier alpha value is -0.750. The molecule has 0 aliphatic rings. The van der Waals surface area contributed by atoms with Gasteiger partial charge in [0.15, 0.2) is 5.16 Å². The van der Waals surface area contributed by atoms with Crippen molar-refractivity contribution in [2.24, 2.45) is 7.05 Å². The number of imidazole rings is 1. The maximum absolute atomic E-state index is 9.08. The second-order valence-corrected chi connectivity index (χ2v) is 5.38. The fraction of sp³-hybridized carbons (Fsp3) is 0.273. The smallest absolute Gasteiger partial charge is 0.168 e. The number of halogens is 2. The summed E-state index contributed by atoms with van der Waals surface area (Å²) in [6.45, 7) is -0.0169. The van der Waals surface area contributed by atoms with Crippen molar-refractivity contribution in [2.45, 2.75) is 17.5 Å². The van der Waals surface area contributed by atoms with E-state index >= 15 is 0 Å². The molecule has 7 heteroatoms. The van der Waals surface area contributed by atoms with E-state index in [1.165, 1.54) is 0 Å². The predicted octanol–water partition coefficient (Wildman–Crippen LogP) is 2.91. The van der Waals surface area contributed by atoms with Gasteiger partial charge in [0, 0.05) is 12.8 Å². The third kappa shape index (κ3) is 3.17. The highest BCUT2D eigenvalue weighted by Crippen LogP contribution is 2.24. The number of pyridine rings is 1. The molecule has 0 aliphatic heterocycles. The third-order valence-electron chi connectivity index (χ3n) is 2.39. The van der Waals surface area contributed by atoms with Gasteiger partial charge in [-0.3, -0.25) is 0 Å². The largest absolute Gasteiger partial charge is 0.390 e. The van der Waals surface area contributed by atoms with Gasteiger partial charge >= 0.3 is 0 Å². The summed E-state index contributed by atoms with van der Waals surface area (Å²) in [5, 5.41) is 10.7. The minimum atomic E-state index is -0.0169. The molecule has 1 N–H and O–H groups in total. The molecule has 0 aliphatic carbocycles. The summed E-state index contributed by atoms with van der Waals surface area (Å²) in [7, 11) is 1.87. The Bertz CT molecular complexity index is 539. The van der Waals surface area contributed by atoms with Crippen molar-refractivity contribution in [3.8, 4) is 0 Å². The van der Waals surface area contributed by atoms with Gasteiger partial charge in [-0.25, -0.2) is 9.97 Å². The van der Waals surface area contributed by atoms with Crippen LogP contribution in [0.2, 0.25) is 10.3 Å². The summed E-state index contributed by atoms with van der Waals surface area (Å²) in [5.41, 5.74) is 1.77. The Labute approximate surface area is 119 Å². The standard InChI is InChI=1S/C11H11Cl2N3OS/c1-16-8(5-17)4-14-11(16)18-6-7-2-9(12)15-10(13)3-7/h2-4,17H,5-6H2,1H3. The Morgan fingerprint density at radius 3 is 2.56 bits per heavy atom. The van der Waals surface area contributed by atoms with Crippen molar-refractivity contribution in [1.29, 1.82) is 0 Å². The van der Waals surface area contributed by atoms with Crippen molar-refractivity contribution in [1.82, 2.24) is 14.5 Å². The fourth-order valence-corrected chi connectivity index (χ4v) is 2.86. The van der Waals surface area contributed by atoms with Crippen LogP contribution >= 0.6 is 35.0 Å². The average Bonchev–Trinajstić information content (AvgIpc) is 2.66. The molecular formula is C11H11Cl2N3OS. The maximum atomic E-state index is 9.08. The molecule has 0 saturated heterocycles. The van der Waals surface area contributed by atoms with Crippen LogP contribution < -0.4 is 0 Å². The normalized spacial score (nSPS) is 10.9. The molecule has 0 unspecified atom stereocenters. The van der Waals surface area contributed by atoms with Crippen LogP contribution in [0.3, 0.4) is 0 Å². The Morgan fingerprint density at radius 2 is 2.00 bits per heavy atom. The highest BCUT2D eigenvalue weighted by atomic mass is 35.5. The van der Waals surface area contributed by atoms with Crippen LogP contribution in [0.5, 0.6) is 0 Å². The number of hydrogen-bond acceptors (Lipinski definition) is 4. The van der Waals surface area contributed by atoms with Crippen LogP contribution in [0.1, 0.15) is 11.3 Å². The summed E-state index contributed by atoms with van der Waals surface area (Å²) in [6, 6.07) is 3.55. The van der Waals surface area contributed by atoms with Crippen molar-refractivity contribution >= 4 is 35.0 Å². The van der Waals surface area contributed by atoms with E-state index in [1.807, 2.05) is 11.6 Å². The van der Waals surface area contributed by atoms with E-state index in [-0.39, 0.29) is 6.61 Å². The molecule has 0 fully saturated rings. The molecule has 0 amide bonds. The van der Waals surface area contributed by atoms with Crippen molar-refractivity contribution in [3.63, 3.8) is 0 Å². The minimum absolute atomic E-state index is 0.0169. The summed E-state index contributed by atoms with van der Waals surface area (Å²) >= 11 is 13.2. The van der Waals surface area contributed by atoms with Crippen LogP contribution in [-0.4, -0.2) is 19.6 Å². The van der Waals surface area contributed by atoms with Gasteiger partial charge in [-0.1, -0.05) is 35.0 Å². The van der Waals surface area contributed by atoms with E-state index in [1.54, 1.807) is 30.1 Å². The van der Waals surface area contributed by atoms with Gasteiger partial charge in [-0.05, 0) is 17.7 Å². The van der Waals surface area contributed by atoms with Crippen molar-refractivity contribution in [2.75, 3.05) is 0 Å². The number of aliphatic hydroxyl groups is 1. The molecule has 0 bridgehead atoms. The molecular weight excluding hydrogens is 293 g/mol. The highest BCUT2D eigenvalue weighted by Gasteiger charge is 2.07. The maximum Gasteiger partial charge on any atom is 0.168 e. The zero-order valence-electron chi connectivity index (χ0n) is 9.60. The molecule has 2 aromatic rings. The molecule has 0 aromatic carbocycles. The van der Waals surface area contributed by atoms with Crippen LogP contribution in [-0.2, 0) is 19.4 Å². The Balaban J connectivity index is 2.09. The van der Waals surface area contributed by atoms with E-state index in [2.05, 4.69) is 9.97 Å². The summed E-state index contributed by atoms with van der Waals surface area (Å²) in [6.07, 6.45) is 1.66. The number of hydrogen-bond donors (Lipinski definition) is 1. The second kappa shape index (κ2) is 5.93. The number of nitrogens with zero attached hydrogens (tertiary/aromatic N) is 3. The predicted molar refractivity (Wildman–Crippen MR) is 72.9 cm³/mol. The van der Waals surface area contributed by atoms with E-state index in [4.69, 9.17) is 28.3 Å². The van der Waals surface area contributed by atoms with Gasteiger partial charge in [0.1, 0.15) is 10.3 Å². The van der Waals surface area contributed by atoms with Gasteiger partial charge in [0.25, 0.3) is 0 Å². The number of thioether (sulfide) groups is 1. The molecule has 18 heavy (non-hydrogen) atoms. The molecule has 2 rings (SSSR count). The molecule has 96 valence electrons. The zero-order chi connectivity index (χ0) is 13.1.